The van der Waals surface area contributed by atoms with Crippen LogP contribution in [0, 0.1) is 0 Å². The molecule has 25 heavy (non-hydrogen) atoms. The molecular weight excluding hydrogens is 312 g/mol. The minimum atomic E-state index is -0.881. The fourth-order valence-electron chi connectivity index (χ4n) is 3.15. The van der Waals surface area contributed by atoms with Crippen molar-refractivity contribution in [3.63, 3.8) is 0 Å². The van der Waals surface area contributed by atoms with Gasteiger partial charge in [0.15, 0.2) is 0 Å². The number of benzene rings is 2. The summed E-state index contributed by atoms with van der Waals surface area (Å²) in [6.45, 7) is 5.34. The van der Waals surface area contributed by atoms with Gasteiger partial charge in [-0.25, -0.2) is 4.79 Å². The molecule has 3 aromatic rings. The van der Waals surface area contributed by atoms with Gasteiger partial charge < -0.3 is 15.0 Å². The van der Waals surface area contributed by atoms with Crippen molar-refractivity contribution in [1.82, 2.24) is 9.88 Å². The van der Waals surface area contributed by atoms with Gasteiger partial charge in [-0.1, -0.05) is 55.5 Å². The molecule has 0 saturated heterocycles. The van der Waals surface area contributed by atoms with Crippen LogP contribution in [0.2, 0.25) is 0 Å². The van der Waals surface area contributed by atoms with Gasteiger partial charge in [0.2, 0.25) is 0 Å². The Balaban J connectivity index is 2.11. The highest BCUT2D eigenvalue weighted by Gasteiger charge is 2.22. The van der Waals surface area contributed by atoms with Crippen LogP contribution in [0.1, 0.15) is 41.9 Å². The summed E-state index contributed by atoms with van der Waals surface area (Å²) in [6.07, 6.45) is 1.01. The molecule has 0 bridgehead atoms. The topological polar surface area (TPSA) is 54.3 Å². The van der Waals surface area contributed by atoms with Crippen molar-refractivity contribution in [2.75, 3.05) is 0 Å². The Kier molecular flexibility index (Phi) is 5.19. The van der Waals surface area contributed by atoms with Crippen LogP contribution in [0.5, 0.6) is 0 Å². The Labute approximate surface area is 148 Å². The van der Waals surface area contributed by atoms with E-state index >= 15 is 0 Å². The molecule has 0 saturated carbocycles. The van der Waals surface area contributed by atoms with Crippen molar-refractivity contribution in [3.8, 4) is 0 Å². The molecule has 0 spiro atoms. The van der Waals surface area contributed by atoms with E-state index in [4.69, 9.17) is 0 Å². The molecule has 130 valence electrons. The largest absolute Gasteiger partial charge is 0.477 e. The van der Waals surface area contributed by atoms with E-state index in [-0.39, 0.29) is 0 Å². The number of nitrogens with one attached hydrogen (secondary N) is 1. The Morgan fingerprint density at radius 2 is 1.80 bits per heavy atom. The highest BCUT2D eigenvalue weighted by atomic mass is 16.4. The van der Waals surface area contributed by atoms with Gasteiger partial charge >= 0.3 is 5.97 Å². The lowest BCUT2D eigenvalue weighted by molar-refractivity contribution is 0.0684. The molecule has 0 aliphatic carbocycles. The molecule has 0 amide bonds. The number of hydrogen-bond donors (Lipinski definition) is 2. The molecule has 3 rings (SSSR count). The van der Waals surface area contributed by atoms with Crippen molar-refractivity contribution in [2.24, 2.45) is 0 Å². The number of rotatable bonds is 7. The normalized spacial score (nSPS) is 12.4. The van der Waals surface area contributed by atoms with Crippen LogP contribution in [0.25, 0.3) is 10.9 Å². The summed E-state index contributed by atoms with van der Waals surface area (Å²) in [5.74, 6) is -0.881. The predicted molar refractivity (Wildman–Crippen MR) is 101 cm³/mol. The lowest BCUT2D eigenvalue weighted by atomic mass is 10.1. The molecule has 1 atom stereocenters. The molecule has 0 fully saturated rings. The van der Waals surface area contributed by atoms with E-state index < -0.39 is 5.97 Å². The lowest BCUT2D eigenvalue weighted by Crippen LogP contribution is -2.25. The Hall–Kier alpha value is -2.59. The third-order valence-electron chi connectivity index (χ3n) is 4.70. The Morgan fingerprint density at radius 3 is 2.48 bits per heavy atom. The predicted octanol–water partition coefficient (Wildman–Crippen LogP) is 4.28. The zero-order valence-electron chi connectivity index (χ0n) is 14.7. The van der Waals surface area contributed by atoms with Gasteiger partial charge in [0.05, 0.1) is 0 Å². The van der Waals surface area contributed by atoms with E-state index in [1.54, 1.807) is 0 Å². The summed E-state index contributed by atoms with van der Waals surface area (Å²) in [5, 5.41) is 14.3. The van der Waals surface area contributed by atoms with E-state index in [1.807, 2.05) is 59.2 Å². The molecule has 0 aliphatic heterocycles. The van der Waals surface area contributed by atoms with E-state index in [0.717, 1.165) is 28.5 Å². The third kappa shape index (κ3) is 3.59. The second kappa shape index (κ2) is 7.53. The maximum Gasteiger partial charge on any atom is 0.352 e. The first-order chi connectivity index (χ1) is 12.1. The van der Waals surface area contributed by atoms with Crippen LogP contribution in [0.3, 0.4) is 0 Å². The van der Waals surface area contributed by atoms with Gasteiger partial charge in [0.25, 0.3) is 0 Å². The maximum absolute atomic E-state index is 12.1. The van der Waals surface area contributed by atoms with Gasteiger partial charge in [-0.2, -0.15) is 0 Å². The monoisotopic (exact) mass is 336 g/mol. The fraction of sp³-hybridized carbons (Fsp3) is 0.286. The Morgan fingerprint density at radius 1 is 1.12 bits per heavy atom. The van der Waals surface area contributed by atoms with Gasteiger partial charge in [0, 0.05) is 35.6 Å². The van der Waals surface area contributed by atoms with Crippen molar-refractivity contribution >= 4 is 16.9 Å². The SMILES string of the molecule is CC[C@H](C)NCc1c(C(=O)O)n(Cc2ccccc2)c2ccccc12. The highest BCUT2D eigenvalue weighted by molar-refractivity contribution is 5.98. The van der Waals surface area contributed by atoms with Crippen LogP contribution in [-0.4, -0.2) is 21.7 Å². The highest BCUT2D eigenvalue weighted by Crippen LogP contribution is 2.27. The number of aromatic carboxylic acids is 1. The van der Waals surface area contributed by atoms with Crippen LogP contribution in [0.15, 0.2) is 54.6 Å². The molecular formula is C21H24N2O2. The molecule has 2 N–H and O–H groups in total. The van der Waals surface area contributed by atoms with E-state index in [2.05, 4.69) is 19.2 Å². The second-order valence-electron chi connectivity index (χ2n) is 6.41. The molecule has 0 aliphatic rings. The summed E-state index contributed by atoms with van der Waals surface area (Å²) >= 11 is 0. The second-order valence-corrected chi connectivity index (χ2v) is 6.41. The Bertz CT molecular complexity index is 868. The fourth-order valence-corrected chi connectivity index (χ4v) is 3.15. The number of nitrogens with zero attached hydrogens (tertiary/aromatic N) is 1. The number of hydrogen-bond acceptors (Lipinski definition) is 2. The minimum Gasteiger partial charge on any atom is -0.477 e. The summed E-state index contributed by atoms with van der Waals surface area (Å²) in [7, 11) is 0. The number of carbonyl (C=O) groups is 1. The maximum atomic E-state index is 12.1. The average molecular weight is 336 g/mol. The molecule has 1 heterocycles. The number of para-hydroxylation sites is 1. The van der Waals surface area contributed by atoms with Crippen molar-refractivity contribution < 1.29 is 9.90 Å². The lowest BCUT2D eigenvalue weighted by Gasteiger charge is -2.12. The van der Waals surface area contributed by atoms with Gasteiger partial charge in [-0.05, 0) is 25.0 Å². The van der Waals surface area contributed by atoms with Crippen molar-refractivity contribution in [3.05, 3.63) is 71.4 Å². The molecule has 2 aromatic carbocycles. The summed E-state index contributed by atoms with van der Waals surface area (Å²) < 4.78 is 1.92. The molecule has 0 radical (unpaired) electrons. The zero-order valence-corrected chi connectivity index (χ0v) is 14.7. The summed E-state index contributed by atoms with van der Waals surface area (Å²) in [5.41, 5.74) is 3.29. The van der Waals surface area contributed by atoms with E-state index in [1.165, 1.54) is 0 Å². The van der Waals surface area contributed by atoms with Gasteiger partial charge in [-0.3, -0.25) is 0 Å². The smallest absolute Gasteiger partial charge is 0.352 e. The van der Waals surface area contributed by atoms with Gasteiger partial charge in [0.1, 0.15) is 5.69 Å². The molecule has 4 heteroatoms. The first-order valence-corrected chi connectivity index (χ1v) is 8.72. The van der Waals surface area contributed by atoms with E-state index in [0.29, 0.717) is 24.8 Å². The first-order valence-electron chi connectivity index (χ1n) is 8.72. The van der Waals surface area contributed by atoms with Crippen molar-refractivity contribution in [1.29, 1.82) is 0 Å². The molecule has 4 nitrogen and oxygen atoms in total. The average Bonchev–Trinajstić information content (AvgIpc) is 2.94. The number of aromatic nitrogens is 1. The molecule has 1 aromatic heterocycles. The minimum absolute atomic E-state index is 0.345. The van der Waals surface area contributed by atoms with Gasteiger partial charge in [-0.15, -0.1) is 0 Å². The number of carboxylic acids is 1. The first kappa shape index (κ1) is 17.2. The van der Waals surface area contributed by atoms with E-state index in [9.17, 15) is 9.90 Å². The quantitative estimate of drug-likeness (QED) is 0.677. The third-order valence-corrected chi connectivity index (χ3v) is 4.70. The summed E-state index contributed by atoms with van der Waals surface area (Å²) in [4.78, 5) is 12.1. The van der Waals surface area contributed by atoms with Crippen LogP contribution in [-0.2, 0) is 13.1 Å². The zero-order chi connectivity index (χ0) is 17.8. The molecule has 0 unspecified atom stereocenters. The van der Waals surface area contributed by atoms with Crippen molar-refractivity contribution in [2.45, 2.75) is 39.4 Å². The number of fused-ring (bicyclic) bond motifs is 1. The van der Waals surface area contributed by atoms with Crippen LogP contribution < -0.4 is 5.32 Å². The number of carboxylic acid groups (broad SMARTS) is 1. The van der Waals surface area contributed by atoms with Crippen LogP contribution in [0.4, 0.5) is 0 Å². The summed E-state index contributed by atoms with van der Waals surface area (Å²) in [6, 6.07) is 18.3. The van der Waals surface area contributed by atoms with Crippen LogP contribution >= 0.6 is 0 Å². The standard InChI is InChI=1S/C21H24N2O2/c1-3-15(2)22-13-18-17-11-7-8-12-19(17)23(20(18)21(24)25)14-16-9-5-4-6-10-16/h4-12,15,22H,3,13-14H2,1-2H3,(H,24,25)/t15-/m0/s1.